The zero-order valence-electron chi connectivity index (χ0n) is 10.5. The number of allylic oxidation sites excluding steroid dienone is 3. The largest absolute Gasteiger partial charge is 0.379 e. The van der Waals surface area contributed by atoms with Gasteiger partial charge in [-0.2, -0.15) is 11.8 Å². The second-order valence-corrected chi connectivity index (χ2v) is 6.06. The van der Waals surface area contributed by atoms with Gasteiger partial charge in [0.15, 0.2) is 0 Å². The van der Waals surface area contributed by atoms with Crippen molar-refractivity contribution in [1.82, 2.24) is 0 Å². The smallest absolute Gasteiger partial charge is 0.0590 e. The first-order valence-electron chi connectivity index (χ1n) is 6.45. The molecule has 1 heterocycles. The molecule has 0 atom stereocenters. The Kier molecular flexibility index (Phi) is 3.57. The molecule has 1 aliphatic heterocycles. The normalized spacial score (nSPS) is 20.6. The maximum atomic E-state index is 5.47. The average Bonchev–Trinajstić information content (AvgIpc) is 2.88. The molecule has 18 heavy (non-hydrogen) atoms. The molecule has 0 bridgehead atoms. The zero-order valence-corrected chi connectivity index (χ0v) is 11.3. The summed E-state index contributed by atoms with van der Waals surface area (Å²) < 4.78 is 5.47. The molecule has 0 aromatic heterocycles. The molecule has 1 aliphatic carbocycles. The minimum absolute atomic E-state index is 0.322. The Balaban J connectivity index is 1.55. The molecule has 2 aliphatic rings. The second kappa shape index (κ2) is 5.33. The highest BCUT2D eigenvalue weighted by Gasteiger charge is 2.41. The van der Waals surface area contributed by atoms with Crippen LogP contribution >= 0.6 is 11.8 Å². The van der Waals surface area contributed by atoms with Crippen LogP contribution in [0.25, 0.3) is 0 Å². The van der Waals surface area contributed by atoms with Crippen molar-refractivity contribution in [2.24, 2.45) is 5.41 Å². The Bertz CT molecular complexity index is 457. The van der Waals surface area contributed by atoms with E-state index in [-0.39, 0.29) is 0 Å². The lowest BCUT2D eigenvalue weighted by molar-refractivity contribution is -0.0754. The maximum absolute atomic E-state index is 5.47. The Morgan fingerprint density at radius 3 is 2.61 bits per heavy atom. The molecule has 1 nitrogen and oxygen atoms in total. The summed E-state index contributed by atoms with van der Waals surface area (Å²) in [5, 5.41) is 0. The minimum atomic E-state index is 0.322. The van der Waals surface area contributed by atoms with E-state index in [4.69, 9.17) is 4.74 Å². The van der Waals surface area contributed by atoms with E-state index in [0.717, 1.165) is 25.4 Å². The minimum Gasteiger partial charge on any atom is -0.379 e. The van der Waals surface area contributed by atoms with Crippen LogP contribution in [0.3, 0.4) is 0 Å². The average molecular weight is 258 g/mol. The summed E-state index contributed by atoms with van der Waals surface area (Å²) in [6.45, 7) is 1.81. The van der Waals surface area contributed by atoms with Crippen LogP contribution in [-0.4, -0.2) is 19.0 Å². The molecule has 0 saturated carbocycles. The molecule has 1 aromatic carbocycles. The summed E-state index contributed by atoms with van der Waals surface area (Å²) in [6.07, 6.45) is 7.83. The van der Waals surface area contributed by atoms with E-state index in [9.17, 15) is 0 Å². The van der Waals surface area contributed by atoms with Gasteiger partial charge in [0.1, 0.15) is 0 Å². The summed E-state index contributed by atoms with van der Waals surface area (Å²) in [5.74, 6) is 2.28. The quantitative estimate of drug-likeness (QED) is 0.794. The molecule has 0 amide bonds. The Labute approximate surface area is 113 Å². The summed E-state index contributed by atoms with van der Waals surface area (Å²) in [7, 11) is 0. The molecule has 1 fully saturated rings. The number of rotatable bonds is 5. The number of thioether (sulfide) groups is 1. The molecule has 0 radical (unpaired) electrons. The first kappa shape index (κ1) is 12.1. The molecular formula is C16H18OS. The van der Waals surface area contributed by atoms with Gasteiger partial charge in [0.25, 0.3) is 0 Å². The molecule has 0 unspecified atom stereocenters. The third-order valence-electron chi connectivity index (χ3n) is 3.70. The monoisotopic (exact) mass is 258 g/mol. The molecular weight excluding hydrogens is 240 g/mol. The van der Waals surface area contributed by atoms with E-state index >= 15 is 0 Å². The fraction of sp³-hybridized carbons (Fsp3) is 0.375. The van der Waals surface area contributed by atoms with Crippen molar-refractivity contribution in [1.29, 1.82) is 0 Å². The van der Waals surface area contributed by atoms with E-state index < -0.39 is 0 Å². The summed E-state index contributed by atoms with van der Waals surface area (Å²) in [6, 6.07) is 10.7. The molecule has 0 spiro atoms. The lowest BCUT2D eigenvalue weighted by Crippen LogP contribution is -2.46. The van der Waals surface area contributed by atoms with Crippen molar-refractivity contribution < 1.29 is 4.74 Å². The van der Waals surface area contributed by atoms with E-state index in [1.807, 2.05) is 11.8 Å². The SMILES string of the molecule is C1=CCC(C2(CSCc3ccccc3)COC2)=C1. The number of ether oxygens (including phenoxy) is 1. The molecule has 1 aromatic rings. The lowest BCUT2D eigenvalue weighted by Gasteiger charge is -2.42. The van der Waals surface area contributed by atoms with Crippen LogP contribution in [0.15, 0.2) is 54.1 Å². The fourth-order valence-corrected chi connectivity index (χ4v) is 3.76. The van der Waals surface area contributed by atoms with E-state index in [2.05, 4.69) is 48.6 Å². The highest BCUT2D eigenvalue weighted by atomic mass is 32.2. The van der Waals surface area contributed by atoms with Crippen LogP contribution in [0.2, 0.25) is 0 Å². The van der Waals surface area contributed by atoms with Crippen LogP contribution in [-0.2, 0) is 10.5 Å². The van der Waals surface area contributed by atoms with Crippen LogP contribution in [0.5, 0.6) is 0 Å². The molecule has 94 valence electrons. The summed E-state index contributed by atoms with van der Waals surface area (Å²) in [5.41, 5.74) is 3.30. The standard InChI is InChI=1S/C16H18OS/c1-2-6-14(7-3-1)10-18-13-16(11-17-12-16)15-8-4-5-9-15/h1-8H,9-13H2. The van der Waals surface area contributed by atoms with Gasteiger partial charge < -0.3 is 4.74 Å². The predicted octanol–water partition coefficient (Wildman–Crippen LogP) is 3.82. The first-order valence-corrected chi connectivity index (χ1v) is 7.60. The van der Waals surface area contributed by atoms with Gasteiger partial charge in [0.05, 0.1) is 13.2 Å². The van der Waals surface area contributed by atoms with Gasteiger partial charge in [-0.15, -0.1) is 0 Å². The number of hydrogen-bond donors (Lipinski definition) is 0. The lowest BCUT2D eigenvalue weighted by atomic mass is 9.79. The van der Waals surface area contributed by atoms with E-state index in [1.54, 1.807) is 5.57 Å². The van der Waals surface area contributed by atoms with Gasteiger partial charge in [-0.3, -0.25) is 0 Å². The zero-order chi connectivity index (χ0) is 12.3. The molecule has 0 N–H and O–H groups in total. The van der Waals surface area contributed by atoms with Crippen LogP contribution in [0.1, 0.15) is 12.0 Å². The Hall–Kier alpha value is -0.990. The van der Waals surface area contributed by atoms with Gasteiger partial charge in [-0.05, 0) is 12.0 Å². The van der Waals surface area contributed by atoms with Crippen molar-refractivity contribution in [2.45, 2.75) is 12.2 Å². The van der Waals surface area contributed by atoms with Crippen molar-refractivity contribution in [2.75, 3.05) is 19.0 Å². The fourth-order valence-electron chi connectivity index (χ4n) is 2.49. The van der Waals surface area contributed by atoms with Crippen LogP contribution < -0.4 is 0 Å². The molecule has 2 heteroatoms. The third kappa shape index (κ3) is 2.40. The van der Waals surface area contributed by atoms with Gasteiger partial charge >= 0.3 is 0 Å². The predicted molar refractivity (Wildman–Crippen MR) is 77.7 cm³/mol. The van der Waals surface area contributed by atoms with Gasteiger partial charge in [-0.1, -0.05) is 54.1 Å². The summed E-state index contributed by atoms with van der Waals surface area (Å²) in [4.78, 5) is 0. The van der Waals surface area contributed by atoms with Gasteiger partial charge in [0, 0.05) is 16.9 Å². The number of benzene rings is 1. The van der Waals surface area contributed by atoms with Crippen molar-refractivity contribution in [3.8, 4) is 0 Å². The molecule has 3 rings (SSSR count). The topological polar surface area (TPSA) is 9.23 Å². The van der Waals surface area contributed by atoms with Crippen LogP contribution in [0, 0.1) is 5.41 Å². The highest BCUT2D eigenvalue weighted by Crippen LogP contribution is 2.42. The van der Waals surface area contributed by atoms with Gasteiger partial charge in [0.2, 0.25) is 0 Å². The van der Waals surface area contributed by atoms with Gasteiger partial charge in [-0.25, -0.2) is 0 Å². The van der Waals surface area contributed by atoms with E-state index in [1.165, 1.54) is 11.3 Å². The highest BCUT2D eigenvalue weighted by molar-refractivity contribution is 7.98. The van der Waals surface area contributed by atoms with Crippen LogP contribution in [0.4, 0.5) is 0 Å². The van der Waals surface area contributed by atoms with E-state index in [0.29, 0.717) is 5.41 Å². The second-order valence-electron chi connectivity index (χ2n) is 5.08. The first-order chi connectivity index (χ1) is 8.89. The number of hydrogen-bond acceptors (Lipinski definition) is 2. The molecule has 1 saturated heterocycles. The maximum Gasteiger partial charge on any atom is 0.0590 e. The van der Waals surface area contributed by atoms with Crippen molar-refractivity contribution in [3.05, 3.63) is 59.7 Å². The van der Waals surface area contributed by atoms with Crippen molar-refractivity contribution >= 4 is 11.8 Å². The Morgan fingerprint density at radius 2 is 2.00 bits per heavy atom. The van der Waals surface area contributed by atoms with Crippen molar-refractivity contribution in [3.63, 3.8) is 0 Å². The Morgan fingerprint density at radius 1 is 1.17 bits per heavy atom. The third-order valence-corrected chi connectivity index (χ3v) is 4.99. The summed E-state index contributed by atoms with van der Waals surface area (Å²) >= 11 is 2.03.